The van der Waals surface area contributed by atoms with E-state index in [2.05, 4.69) is 44.6 Å². The van der Waals surface area contributed by atoms with Gasteiger partial charge in [0.2, 0.25) is 0 Å². The minimum absolute atomic E-state index is 0.00178. The maximum absolute atomic E-state index is 14.1. The summed E-state index contributed by atoms with van der Waals surface area (Å²) in [4.78, 5) is 76.8. The van der Waals surface area contributed by atoms with Gasteiger partial charge in [-0.15, -0.1) is 0 Å². The molecule has 6 unspecified atom stereocenters. The SMILES string of the molecule is CC(C)c1cc2c(cc1C(=O)/C=C\OC=O)C1(C)CCCC(C)(C(=O)OCCCOC(=O)C3(C)CCCC4(C)c5cc(C(=O)/C=C\C(=O)O)c(C(C)C)cc5CCC34)C1CC2. The van der Waals surface area contributed by atoms with E-state index in [1.807, 2.05) is 39.8 Å². The monoisotopic (exact) mass is 836 g/mol. The van der Waals surface area contributed by atoms with Crippen molar-refractivity contribution in [1.82, 2.24) is 0 Å². The quantitative estimate of drug-likeness (QED) is 0.0349. The fourth-order valence-electron chi connectivity index (χ4n) is 12.1. The Bertz CT molecular complexity index is 2140. The molecule has 2 fully saturated rings. The summed E-state index contributed by atoms with van der Waals surface area (Å²) >= 11 is 0. The van der Waals surface area contributed by atoms with E-state index in [1.165, 1.54) is 17.2 Å². The van der Waals surface area contributed by atoms with Gasteiger partial charge in [-0.25, -0.2) is 4.79 Å². The summed E-state index contributed by atoms with van der Waals surface area (Å²) in [5.74, 6) is -2.07. The molecule has 10 heteroatoms. The summed E-state index contributed by atoms with van der Waals surface area (Å²) < 4.78 is 16.7. The zero-order valence-electron chi connectivity index (χ0n) is 37.3. The van der Waals surface area contributed by atoms with E-state index < -0.39 is 16.8 Å². The molecule has 0 radical (unpaired) electrons. The van der Waals surface area contributed by atoms with Gasteiger partial charge in [0.1, 0.15) is 0 Å². The van der Waals surface area contributed by atoms with Crippen LogP contribution in [0.4, 0.5) is 0 Å². The molecule has 4 aliphatic rings. The van der Waals surface area contributed by atoms with Crippen molar-refractivity contribution in [2.75, 3.05) is 13.2 Å². The molecule has 2 saturated carbocycles. The number of hydrogen-bond acceptors (Lipinski definition) is 9. The summed E-state index contributed by atoms with van der Waals surface area (Å²) in [5.41, 5.74) is 5.29. The minimum Gasteiger partial charge on any atom is -0.478 e. The number of esters is 2. The van der Waals surface area contributed by atoms with Crippen molar-refractivity contribution in [2.45, 2.75) is 149 Å². The van der Waals surface area contributed by atoms with Crippen LogP contribution in [0.25, 0.3) is 0 Å². The van der Waals surface area contributed by atoms with Crippen LogP contribution in [0.1, 0.15) is 179 Å². The number of carboxylic acid groups (broad SMARTS) is 1. The number of aryl methyl sites for hydroxylation is 2. The van der Waals surface area contributed by atoms with Gasteiger partial charge in [0.15, 0.2) is 11.6 Å². The van der Waals surface area contributed by atoms with Crippen molar-refractivity contribution in [3.63, 3.8) is 0 Å². The summed E-state index contributed by atoms with van der Waals surface area (Å²) in [6.07, 6.45) is 12.7. The fourth-order valence-corrected chi connectivity index (χ4v) is 12.1. The average molecular weight is 837 g/mol. The molecule has 0 heterocycles. The molecule has 6 rings (SSSR count). The van der Waals surface area contributed by atoms with Crippen molar-refractivity contribution < 1.29 is 48.1 Å². The molecule has 2 aromatic rings. The molecule has 61 heavy (non-hydrogen) atoms. The van der Waals surface area contributed by atoms with Gasteiger partial charge in [0, 0.05) is 29.7 Å². The molecule has 6 atom stereocenters. The molecular weight excluding hydrogens is 773 g/mol. The van der Waals surface area contributed by atoms with E-state index in [4.69, 9.17) is 9.47 Å². The number of carbonyl (C=O) groups is 6. The molecule has 328 valence electrons. The largest absolute Gasteiger partial charge is 0.478 e. The van der Waals surface area contributed by atoms with E-state index >= 15 is 0 Å². The van der Waals surface area contributed by atoms with Crippen molar-refractivity contribution in [3.05, 3.63) is 93.3 Å². The van der Waals surface area contributed by atoms with Crippen LogP contribution in [0.2, 0.25) is 0 Å². The fraction of sp³-hybridized carbons (Fsp3) is 0.569. The molecule has 0 saturated heterocycles. The van der Waals surface area contributed by atoms with Crippen molar-refractivity contribution >= 4 is 35.9 Å². The summed E-state index contributed by atoms with van der Waals surface area (Å²) in [5, 5.41) is 9.18. The van der Waals surface area contributed by atoms with Gasteiger partial charge in [-0.1, -0.05) is 66.5 Å². The highest BCUT2D eigenvalue weighted by molar-refractivity contribution is 6.08. The first-order valence-electron chi connectivity index (χ1n) is 22.3. The third-order valence-electron chi connectivity index (χ3n) is 15.2. The van der Waals surface area contributed by atoms with Crippen molar-refractivity contribution in [2.24, 2.45) is 22.7 Å². The van der Waals surface area contributed by atoms with Crippen LogP contribution >= 0.6 is 0 Å². The van der Waals surface area contributed by atoms with Gasteiger partial charge < -0.3 is 19.3 Å². The first-order valence-corrected chi connectivity index (χ1v) is 22.3. The van der Waals surface area contributed by atoms with Gasteiger partial charge in [-0.3, -0.25) is 24.0 Å². The molecule has 0 amide bonds. The Balaban J connectivity index is 1.11. The van der Waals surface area contributed by atoms with Crippen LogP contribution < -0.4 is 0 Å². The maximum atomic E-state index is 14.1. The number of fused-ring (bicyclic) bond motifs is 6. The van der Waals surface area contributed by atoms with Gasteiger partial charge >= 0.3 is 17.9 Å². The molecule has 4 aliphatic carbocycles. The zero-order valence-corrected chi connectivity index (χ0v) is 37.3. The molecular formula is C51H64O10. The van der Waals surface area contributed by atoms with Crippen LogP contribution in [-0.2, 0) is 57.1 Å². The molecule has 0 spiro atoms. The predicted molar refractivity (Wildman–Crippen MR) is 232 cm³/mol. The number of carboxylic acids is 1. The molecule has 1 N–H and O–H groups in total. The first-order chi connectivity index (χ1) is 28.8. The highest BCUT2D eigenvalue weighted by Crippen LogP contribution is 2.59. The Morgan fingerprint density at radius 3 is 1.52 bits per heavy atom. The van der Waals surface area contributed by atoms with Crippen molar-refractivity contribution in [3.8, 4) is 0 Å². The normalized spacial score (nSPS) is 28.1. The average Bonchev–Trinajstić information content (AvgIpc) is 3.21. The lowest BCUT2D eigenvalue weighted by molar-refractivity contribution is -0.167. The topological polar surface area (TPSA) is 150 Å². The number of rotatable bonds is 15. The van der Waals surface area contributed by atoms with Crippen LogP contribution in [0.3, 0.4) is 0 Å². The lowest BCUT2D eigenvalue weighted by Crippen LogP contribution is -2.53. The summed E-state index contributed by atoms with van der Waals surface area (Å²) in [6.45, 7) is 17.2. The smallest absolute Gasteiger partial charge is 0.328 e. The Morgan fingerprint density at radius 2 is 1.11 bits per heavy atom. The van der Waals surface area contributed by atoms with Gasteiger partial charge in [0.25, 0.3) is 6.47 Å². The van der Waals surface area contributed by atoms with Crippen LogP contribution in [0.15, 0.2) is 48.8 Å². The van der Waals surface area contributed by atoms with Gasteiger partial charge in [-0.05, 0) is 151 Å². The number of carbonyl (C=O) groups excluding carboxylic acids is 5. The van der Waals surface area contributed by atoms with Crippen molar-refractivity contribution in [1.29, 1.82) is 0 Å². The van der Waals surface area contributed by atoms with E-state index in [0.29, 0.717) is 30.4 Å². The Labute approximate surface area is 360 Å². The Kier molecular flexibility index (Phi) is 13.4. The zero-order chi connectivity index (χ0) is 44.5. The van der Waals surface area contributed by atoms with E-state index in [9.17, 15) is 33.9 Å². The van der Waals surface area contributed by atoms with E-state index in [0.717, 1.165) is 92.0 Å². The Hall–Kier alpha value is -4.86. The second-order valence-corrected chi connectivity index (χ2v) is 19.6. The third kappa shape index (κ3) is 8.53. The highest BCUT2D eigenvalue weighted by Gasteiger charge is 2.57. The summed E-state index contributed by atoms with van der Waals surface area (Å²) in [6, 6.07) is 8.25. The molecule has 2 aromatic carbocycles. The number of allylic oxidation sites excluding steroid dienone is 2. The molecule has 0 aliphatic heterocycles. The van der Waals surface area contributed by atoms with Gasteiger partial charge in [-0.2, -0.15) is 0 Å². The number of aliphatic carboxylic acids is 1. The first kappa shape index (κ1) is 45.7. The van der Waals surface area contributed by atoms with Crippen LogP contribution in [-0.4, -0.2) is 54.3 Å². The molecule has 10 nitrogen and oxygen atoms in total. The van der Waals surface area contributed by atoms with E-state index in [-0.39, 0.29) is 77.7 Å². The third-order valence-corrected chi connectivity index (χ3v) is 15.2. The summed E-state index contributed by atoms with van der Waals surface area (Å²) in [7, 11) is 0. The highest BCUT2D eigenvalue weighted by atomic mass is 16.5. The second-order valence-electron chi connectivity index (χ2n) is 19.6. The Morgan fingerprint density at radius 1 is 0.672 bits per heavy atom. The second kappa shape index (κ2) is 17.9. The number of hydrogen-bond donors (Lipinski definition) is 1. The number of ketones is 2. The predicted octanol–water partition coefficient (Wildman–Crippen LogP) is 9.82. The number of benzene rings is 2. The standard InChI is InChI=1S/C51H64O10/c1-31(2)35-26-33-12-15-43-48(5,39(33)28-37(35)41(53)14-17-45(55)56)19-9-21-50(43,7)46(57)60-23-11-24-61-47(58)51(8)22-10-20-49(6)40-29-38(42(54)18-25-59-30-52)36(32(3)4)27-34(40)13-16-44(49)51/h14,17-18,25-32,43-44H,9-13,15-16,19-24H2,1-8H3,(H,55,56)/b17-14-,25-18-. The van der Waals surface area contributed by atoms with Gasteiger partial charge in [0.05, 0.1) is 30.3 Å². The van der Waals surface area contributed by atoms with E-state index in [1.54, 1.807) is 0 Å². The number of ether oxygens (including phenoxy) is 3. The molecule has 0 aromatic heterocycles. The van der Waals surface area contributed by atoms with Crippen LogP contribution in [0.5, 0.6) is 0 Å². The lowest BCUT2D eigenvalue weighted by atomic mass is 9.49. The maximum Gasteiger partial charge on any atom is 0.328 e. The molecule has 0 bridgehead atoms. The lowest BCUT2D eigenvalue weighted by Gasteiger charge is -2.54. The minimum atomic E-state index is -1.17. The van der Waals surface area contributed by atoms with Crippen LogP contribution in [0, 0.1) is 22.7 Å².